The summed E-state index contributed by atoms with van der Waals surface area (Å²) in [7, 11) is 9.84. The number of fused-ring (bicyclic) bond motifs is 2. The van der Waals surface area contributed by atoms with E-state index in [0.29, 0.717) is 6.04 Å². The molecule has 2 aromatic carbocycles. The van der Waals surface area contributed by atoms with E-state index in [2.05, 4.69) is 32.3 Å². The van der Waals surface area contributed by atoms with Crippen LogP contribution in [0.25, 0.3) is 11.1 Å². The third-order valence-corrected chi connectivity index (χ3v) is 5.93. The quantitative estimate of drug-likeness (QED) is 0.799. The lowest BCUT2D eigenvalue weighted by Crippen LogP contribution is -2.49. The molecule has 0 fully saturated rings. The minimum Gasteiger partial charge on any atom is -0.496 e. The van der Waals surface area contributed by atoms with Crippen LogP contribution in [-0.4, -0.2) is 46.5 Å². The molecule has 132 valence electrons. The maximum absolute atomic E-state index is 5.84. The molecule has 2 aliphatic rings. The third kappa shape index (κ3) is 2.24. The van der Waals surface area contributed by atoms with E-state index in [0.717, 1.165) is 52.2 Å². The average Bonchev–Trinajstić information content (AvgIpc) is 2.63. The van der Waals surface area contributed by atoms with Crippen molar-refractivity contribution in [3.63, 3.8) is 0 Å². The molecule has 1 aliphatic carbocycles. The zero-order chi connectivity index (χ0) is 17.8. The Hall–Kier alpha value is -2.20. The molecule has 0 amide bonds. The molecule has 1 aliphatic heterocycles. The Morgan fingerprint density at radius 2 is 1.68 bits per heavy atom. The van der Waals surface area contributed by atoms with E-state index in [1.54, 1.807) is 21.3 Å². The van der Waals surface area contributed by atoms with Crippen LogP contribution in [0.15, 0.2) is 24.3 Å². The average molecular weight is 340 g/mol. The Bertz CT molecular complexity index is 842. The first-order valence-corrected chi connectivity index (χ1v) is 8.78. The Morgan fingerprint density at radius 1 is 0.920 bits per heavy atom. The van der Waals surface area contributed by atoms with Crippen molar-refractivity contribution in [2.75, 3.05) is 42.0 Å². The minimum absolute atomic E-state index is 0.429. The highest BCUT2D eigenvalue weighted by Gasteiger charge is 2.43. The van der Waals surface area contributed by atoms with Crippen molar-refractivity contribution in [2.24, 2.45) is 0 Å². The number of hydrogen-bond donors (Lipinski definition) is 0. The zero-order valence-corrected chi connectivity index (χ0v) is 15.7. The van der Waals surface area contributed by atoms with Crippen LogP contribution < -0.4 is 14.2 Å². The molecule has 0 saturated heterocycles. The van der Waals surface area contributed by atoms with Gasteiger partial charge in [0.1, 0.15) is 11.8 Å². The van der Waals surface area contributed by atoms with Crippen LogP contribution in [-0.2, 0) is 12.8 Å². The van der Waals surface area contributed by atoms with Crippen molar-refractivity contribution in [1.29, 1.82) is 0 Å². The van der Waals surface area contributed by atoms with Crippen LogP contribution in [0.5, 0.6) is 17.2 Å². The minimum atomic E-state index is 0.429. The Balaban J connectivity index is 2.13. The van der Waals surface area contributed by atoms with Crippen LogP contribution in [0, 0.1) is 0 Å². The van der Waals surface area contributed by atoms with Crippen LogP contribution >= 0.6 is 0 Å². The number of quaternary nitrogens is 1. The lowest BCUT2D eigenvalue weighted by Gasteiger charge is -2.46. The molecule has 1 heterocycles. The van der Waals surface area contributed by atoms with Crippen molar-refractivity contribution in [2.45, 2.75) is 18.9 Å². The second kappa shape index (κ2) is 5.67. The first-order valence-electron chi connectivity index (χ1n) is 8.78. The Kier molecular flexibility index (Phi) is 3.69. The molecule has 4 heteroatoms. The molecule has 25 heavy (non-hydrogen) atoms. The zero-order valence-electron chi connectivity index (χ0n) is 15.7. The van der Waals surface area contributed by atoms with E-state index < -0.39 is 0 Å². The smallest absolute Gasteiger partial charge is 0.169 e. The predicted molar refractivity (Wildman–Crippen MR) is 98.7 cm³/mol. The summed E-state index contributed by atoms with van der Waals surface area (Å²) in [6.07, 6.45) is 2.08. The summed E-state index contributed by atoms with van der Waals surface area (Å²) >= 11 is 0. The van der Waals surface area contributed by atoms with Crippen molar-refractivity contribution < 1.29 is 18.7 Å². The van der Waals surface area contributed by atoms with Crippen molar-refractivity contribution in [1.82, 2.24) is 0 Å². The molecular weight excluding hydrogens is 314 g/mol. The van der Waals surface area contributed by atoms with Gasteiger partial charge in [0.15, 0.2) is 11.5 Å². The molecule has 0 unspecified atom stereocenters. The first-order chi connectivity index (χ1) is 12.0. The van der Waals surface area contributed by atoms with Gasteiger partial charge in [-0.2, -0.15) is 0 Å². The molecule has 0 radical (unpaired) electrons. The fourth-order valence-electron chi connectivity index (χ4n) is 4.57. The maximum atomic E-state index is 5.84. The Labute approximate surface area is 149 Å². The van der Waals surface area contributed by atoms with E-state index >= 15 is 0 Å². The largest absolute Gasteiger partial charge is 0.496 e. The number of likely N-dealkylation sites (N-methyl/N-ethyl adjacent to an activating group) is 1. The number of methoxy groups -OCH3 is 3. The highest BCUT2D eigenvalue weighted by Crippen LogP contribution is 2.55. The van der Waals surface area contributed by atoms with Gasteiger partial charge in [-0.1, -0.05) is 12.1 Å². The van der Waals surface area contributed by atoms with Gasteiger partial charge in [0, 0.05) is 29.5 Å². The number of nitrogens with zero attached hydrogens (tertiary/aromatic N) is 1. The highest BCUT2D eigenvalue weighted by molar-refractivity contribution is 5.86. The second-order valence-electron chi connectivity index (χ2n) is 7.53. The third-order valence-electron chi connectivity index (χ3n) is 5.93. The van der Waals surface area contributed by atoms with Crippen LogP contribution in [0.2, 0.25) is 0 Å². The van der Waals surface area contributed by atoms with Gasteiger partial charge in [-0.15, -0.1) is 0 Å². The number of hydrogen-bond acceptors (Lipinski definition) is 3. The van der Waals surface area contributed by atoms with Gasteiger partial charge in [-0.25, -0.2) is 0 Å². The number of rotatable bonds is 3. The molecule has 4 rings (SSSR count). The standard InChI is InChI=1S/C21H26NO3/c1-22(2)10-9-14-12-17(24-4)21(25-5)20-18(14)15(22)11-13-7-6-8-16(23-3)19(13)20/h6-8,12,15H,9-11H2,1-5H3/q+1/t15-/m0/s1. The lowest BCUT2D eigenvalue weighted by molar-refractivity contribution is -0.923. The summed E-state index contributed by atoms with van der Waals surface area (Å²) in [6.45, 7) is 1.13. The van der Waals surface area contributed by atoms with Gasteiger partial charge < -0.3 is 18.7 Å². The van der Waals surface area contributed by atoms with Gasteiger partial charge in [-0.3, -0.25) is 0 Å². The second-order valence-corrected chi connectivity index (χ2v) is 7.53. The normalized spacial score (nSPS) is 19.6. The highest BCUT2D eigenvalue weighted by atomic mass is 16.5. The fourth-order valence-corrected chi connectivity index (χ4v) is 4.57. The summed E-state index contributed by atoms with van der Waals surface area (Å²) in [5.74, 6) is 2.53. The van der Waals surface area contributed by atoms with Gasteiger partial charge in [-0.05, 0) is 23.3 Å². The molecule has 0 N–H and O–H groups in total. The molecule has 2 aromatic rings. The van der Waals surface area contributed by atoms with E-state index in [1.165, 1.54) is 16.7 Å². The monoisotopic (exact) mass is 340 g/mol. The van der Waals surface area contributed by atoms with Gasteiger partial charge in [0.25, 0.3) is 0 Å². The first kappa shape index (κ1) is 16.3. The van der Waals surface area contributed by atoms with Crippen molar-refractivity contribution in [3.8, 4) is 28.4 Å². The topological polar surface area (TPSA) is 27.7 Å². The summed E-state index contributed by atoms with van der Waals surface area (Å²) < 4.78 is 18.2. The van der Waals surface area contributed by atoms with E-state index in [1.807, 2.05) is 6.07 Å². The number of ether oxygens (including phenoxy) is 3. The summed E-state index contributed by atoms with van der Waals surface area (Å²) in [5.41, 5.74) is 6.43. The predicted octanol–water partition coefficient (Wildman–Crippen LogP) is 3.61. The van der Waals surface area contributed by atoms with Crippen LogP contribution in [0.4, 0.5) is 0 Å². The van der Waals surface area contributed by atoms with Crippen molar-refractivity contribution in [3.05, 3.63) is 41.0 Å². The molecule has 0 saturated carbocycles. The van der Waals surface area contributed by atoms with Crippen molar-refractivity contribution >= 4 is 0 Å². The van der Waals surface area contributed by atoms with Gasteiger partial charge >= 0.3 is 0 Å². The summed E-state index contributed by atoms with van der Waals surface area (Å²) in [4.78, 5) is 0. The molecule has 0 bridgehead atoms. The molecule has 0 spiro atoms. The maximum Gasteiger partial charge on any atom is 0.169 e. The van der Waals surface area contributed by atoms with Gasteiger partial charge in [0.05, 0.1) is 42.0 Å². The Morgan fingerprint density at radius 3 is 2.36 bits per heavy atom. The number of benzene rings is 2. The fraction of sp³-hybridized carbons (Fsp3) is 0.429. The molecule has 4 nitrogen and oxygen atoms in total. The summed E-state index contributed by atoms with van der Waals surface area (Å²) in [5, 5.41) is 0. The van der Waals surface area contributed by atoms with Crippen LogP contribution in [0.1, 0.15) is 22.7 Å². The SMILES string of the molecule is COc1cc2c3c(c1OC)-c1c(cccc1OC)C[C@@H]3[N+](C)(C)CC2. The van der Waals surface area contributed by atoms with Crippen LogP contribution in [0.3, 0.4) is 0 Å². The lowest BCUT2D eigenvalue weighted by atomic mass is 9.75. The summed E-state index contributed by atoms with van der Waals surface area (Å²) in [6, 6.07) is 8.93. The molecule has 0 aromatic heterocycles. The van der Waals surface area contributed by atoms with E-state index in [4.69, 9.17) is 14.2 Å². The van der Waals surface area contributed by atoms with E-state index in [-0.39, 0.29) is 0 Å². The molecular formula is C21H26NO3+. The van der Waals surface area contributed by atoms with Gasteiger partial charge in [0.2, 0.25) is 0 Å². The van der Waals surface area contributed by atoms with E-state index in [9.17, 15) is 0 Å². The molecule has 1 atom stereocenters.